The summed E-state index contributed by atoms with van der Waals surface area (Å²) in [6.45, 7) is -0.835. The molecule has 0 unspecified atom stereocenters. The zero-order valence-electron chi connectivity index (χ0n) is 12.9. The van der Waals surface area contributed by atoms with Crippen LogP contribution in [0, 0.1) is 0 Å². The summed E-state index contributed by atoms with van der Waals surface area (Å²) in [4.78, 5) is 12.0. The molecule has 2 N–H and O–H groups in total. The molecule has 0 atom stereocenters. The third-order valence-corrected chi connectivity index (χ3v) is 4.30. The van der Waals surface area contributed by atoms with Crippen LogP contribution in [0.3, 0.4) is 0 Å². The average molecular weight is 369 g/mol. The molecule has 2 rings (SSSR count). The molecule has 0 amide bonds. The van der Waals surface area contributed by atoms with Crippen molar-refractivity contribution in [2.24, 2.45) is 0 Å². The van der Waals surface area contributed by atoms with Crippen molar-refractivity contribution in [2.45, 2.75) is 18.9 Å². The van der Waals surface area contributed by atoms with E-state index in [1.54, 1.807) is 18.2 Å². The first kappa shape index (κ1) is 18.7. The first-order chi connectivity index (χ1) is 11.5. The molecule has 0 spiro atoms. The molecule has 0 radical (unpaired) electrons. The number of ether oxygens (including phenoxy) is 1. The van der Waals surface area contributed by atoms with Crippen LogP contribution in [0.4, 0.5) is 0 Å². The van der Waals surface area contributed by atoms with Gasteiger partial charge in [-0.25, -0.2) is 0 Å². The standard InChI is InChI=1S/C18H18Cl2O4/c19-16-6-3-7-17(20)15(16)8-12-4-1-2-5-13(12)9-18(23)24-14(10-21)11-22/h1-7,14,21-22H,8-11H2. The van der Waals surface area contributed by atoms with Gasteiger partial charge in [0.15, 0.2) is 0 Å². The van der Waals surface area contributed by atoms with Crippen LogP contribution < -0.4 is 0 Å². The highest BCUT2D eigenvalue weighted by atomic mass is 35.5. The zero-order chi connectivity index (χ0) is 17.5. The molecule has 2 aromatic rings. The van der Waals surface area contributed by atoms with E-state index in [0.29, 0.717) is 16.5 Å². The quantitative estimate of drug-likeness (QED) is 0.737. The van der Waals surface area contributed by atoms with Crippen LogP contribution in [-0.4, -0.2) is 35.5 Å². The second kappa shape index (κ2) is 9.04. The Kier molecular flexibility index (Phi) is 7.06. The smallest absolute Gasteiger partial charge is 0.310 e. The number of carbonyl (C=O) groups is 1. The lowest BCUT2D eigenvalue weighted by molar-refractivity contribution is -0.152. The van der Waals surface area contributed by atoms with E-state index >= 15 is 0 Å². The Bertz CT molecular complexity index is 679. The van der Waals surface area contributed by atoms with Gasteiger partial charge in [-0.1, -0.05) is 53.5 Å². The summed E-state index contributed by atoms with van der Waals surface area (Å²) in [5.74, 6) is -0.513. The van der Waals surface area contributed by atoms with Crippen LogP contribution in [-0.2, 0) is 22.4 Å². The molecule has 24 heavy (non-hydrogen) atoms. The lowest BCUT2D eigenvalue weighted by Crippen LogP contribution is -2.26. The van der Waals surface area contributed by atoms with Gasteiger partial charge in [-0.15, -0.1) is 0 Å². The van der Waals surface area contributed by atoms with E-state index < -0.39 is 25.3 Å². The van der Waals surface area contributed by atoms with Gasteiger partial charge in [-0.05, 0) is 28.8 Å². The van der Waals surface area contributed by atoms with Gasteiger partial charge in [0.05, 0.1) is 19.6 Å². The first-order valence-corrected chi connectivity index (χ1v) is 8.21. The minimum absolute atomic E-state index is 0.0365. The van der Waals surface area contributed by atoms with E-state index in [0.717, 1.165) is 16.7 Å². The molecule has 6 heteroatoms. The van der Waals surface area contributed by atoms with Gasteiger partial charge < -0.3 is 14.9 Å². The molecule has 0 saturated heterocycles. The van der Waals surface area contributed by atoms with Crippen molar-refractivity contribution in [3.63, 3.8) is 0 Å². The van der Waals surface area contributed by atoms with Gasteiger partial charge in [0.1, 0.15) is 6.10 Å². The van der Waals surface area contributed by atoms with Crippen LogP contribution in [0.5, 0.6) is 0 Å². The number of esters is 1. The average Bonchev–Trinajstić information content (AvgIpc) is 2.57. The van der Waals surface area contributed by atoms with Crippen molar-refractivity contribution in [1.29, 1.82) is 0 Å². The van der Waals surface area contributed by atoms with Crippen molar-refractivity contribution in [2.75, 3.05) is 13.2 Å². The molecule has 2 aromatic carbocycles. The van der Waals surface area contributed by atoms with Gasteiger partial charge in [-0.2, -0.15) is 0 Å². The normalized spacial score (nSPS) is 10.9. The maximum Gasteiger partial charge on any atom is 0.310 e. The molecule has 0 aliphatic carbocycles. The number of rotatable bonds is 7. The molecule has 4 nitrogen and oxygen atoms in total. The fourth-order valence-electron chi connectivity index (χ4n) is 2.31. The third kappa shape index (κ3) is 4.95. The largest absolute Gasteiger partial charge is 0.457 e. The highest BCUT2D eigenvalue weighted by Gasteiger charge is 2.16. The van der Waals surface area contributed by atoms with Crippen molar-refractivity contribution in [1.82, 2.24) is 0 Å². The van der Waals surface area contributed by atoms with Crippen LogP contribution in [0.15, 0.2) is 42.5 Å². The summed E-state index contributed by atoms with van der Waals surface area (Å²) in [6, 6.07) is 12.8. The van der Waals surface area contributed by atoms with Gasteiger partial charge in [0.25, 0.3) is 0 Å². The van der Waals surface area contributed by atoms with Gasteiger partial charge in [0.2, 0.25) is 0 Å². The predicted octanol–water partition coefficient (Wildman–Crippen LogP) is 3.02. The summed E-state index contributed by atoms with van der Waals surface area (Å²) < 4.78 is 5.01. The molecule has 0 aromatic heterocycles. The minimum atomic E-state index is -0.900. The number of carbonyl (C=O) groups excluding carboxylic acids is 1. The molecule has 0 aliphatic heterocycles. The second-order valence-corrected chi connectivity index (χ2v) is 6.11. The lowest BCUT2D eigenvalue weighted by atomic mass is 9.98. The third-order valence-electron chi connectivity index (χ3n) is 3.59. The van der Waals surface area contributed by atoms with E-state index in [-0.39, 0.29) is 6.42 Å². The van der Waals surface area contributed by atoms with Crippen LogP contribution in [0.1, 0.15) is 16.7 Å². The van der Waals surface area contributed by atoms with Crippen molar-refractivity contribution < 1.29 is 19.7 Å². The minimum Gasteiger partial charge on any atom is -0.457 e. The van der Waals surface area contributed by atoms with Gasteiger partial charge in [-0.3, -0.25) is 4.79 Å². The number of aliphatic hydroxyl groups is 2. The summed E-state index contributed by atoms with van der Waals surface area (Å²) in [6.07, 6.45) is -0.372. The van der Waals surface area contributed by atoms with E-state index in [1.807, 2.05) is 24.3 Å². The fourth-order valence-corrected chi connectivity index (χ4v) is 2.84. The Balaban J connectivity index is 2.17. The molecule has 0 saturated carbocycles. The molecular formula is C18H18Cl2O4. The molecular weight excluding hydrogens is 351 g/mol. The SMILES string of the molecule is O=C(Cc1ccccc1Cc1c(Cl)cccc1Cl)OC(CO)CO. The highest BCUT2D eigenvalue weighted by Crippen LogP contribution is 2.28. The summed E-state index contributed by atoms with van der Waals surface area (Å²) in [5, 5.41) is 19.1. The Morgan fingerprint density at radius 2 is 1.54 bits per heavy atom. The predicted molar refractivity (Wildman–Crippen MR) is 93.5 cm³/mol. The molecule has 0 aliphatic rings. The Morgan fingerprint density at radius 1 is 0.958 bits per heavy atom. The Morgan fingerprint density at radius 3 is 2.12 bits per heavy atom. The molecule has 0 fully saturated rings. The van der Waals surface area contributed by atoms with Gasteiger partial charge >= 0.3 is 5.97 Å². The molecule has 128 valence electrons. The van der Waals surface area contributed by atoms with Crippen LogP contribution >= 0.6 is 23.2 Å². The van der Waals surface area contributed by atoms with Gasteiger partial charge in [0, 0.05) is 16.5 Å². The summed E-state index contributed by atoms with van der Waals surface area (Å²) in [5.41, 5.74) is 2.49. The van der Waals surface area contributed by atoms with E-state index in [2.05, 4.69) is 0 Å². The van der Waals surface area contributed by atoms with Crippen LogP contribution in [0.25, 0.3) is 0 Å². The fraction of sp³-hybridized carbons (Fsp3) is 0.278. The second-order valence-electron chi connectivity index (χ2n) is 5.30. The van der Waals surface area contributed by atoms with E-state index in [9.17, 15) is 4.79 Å². The molecule has 0 bridgehead atoms. The Hall–Kier alpha value is -1.59. The van der Waals surface area contributed by atoms with Crippen molar-refractivity contribution >= 4 is 29.2 Å². The van der Waals surface area contributed by atoms with Crippen molar-refractivity contribution in [3.8, 4) is 0 Å². The first-order valence-electron chi connectivity index (χ1n) is 7.46. The summed E-state index contributed by atoms with van der Waals surface area (Å²) >= 11 is 12.4. The lowest BCUT2D eigenvalue weighted by Gasteiger charge is -2.15. The number of halogens is 2. The highest BCUT2D eigenvalue weighted by molar-refractivity contribution is 6.36. The Labute approximate surface area is 150 Å². The number of hydrogen-bond acceptors (Lipinski definition) is 4. The number of aliphatic hydroxyl groups excluding tert-OH is 2. The summed E-state index contributed by atoms with van der Waals surface area (Å²) in [7, 11) is 0. The number of benzene rings is 2. The van der Waals surface area contributed by atoms with E-state index in [1.165, 1.54) is 0 Å². The monoisotopic (exact) mass is 368 g/mol. The van der Waals surface area contributed by atoms with E-state index in [4.69, 9.17) is 38.2 Å². The maximum atomic E-state index is 12.0. The maximum absolute atomic E-state index is 12.0. The number of hydrogen-bond donors (Lipinski definition) is 2. The zero-order valence-corrected chi connectivity index (χ0v) is 14.4. The topological polar surface area (TPSA) is 66.8 Å². The van der Waals surface area contributed by atoms with Crippen LogP contribution in [0.2, 0.25) is 10.0 Å². The van der Waals surface area contributed by atoms with Crippen molar-refractivity contribution in [3.05, 3.63) is 69.2 Å². The molecule has 0 heterocycles.